The zero-order valence-electron chi connectivity index (χ0n) is 11.4. The normalized spacial score (nSPS) is 26.2. The Morgan fingerprint density at radius 1 is 1.24 bits per heavy atom. The maximum absolute atomic E-state index is 12.6. The Kier molecular flexibility index (Phi) is 3.51. The summed E-state index contributed by atoms with van der Waals surface area (Å²) in [6, 6.07) is 2.57. The van der Waals surface area contributed by atoms with E-state index in [1.54, 1.807) is 0 Å². The molecule has 114 valence electrons. The van der Waals surface area contributed by atoms with Gasteiger partial charge in [-0.2, -0.15) is 13.2 Å². The molecule has 0 aromatic carbocycles. The van der Waals surface area contributed by atoms with E-state index in [1.165, 1.54) is 6.07 Å². The maximum atomic E-state index is 12.6. The lowest BCUT2D eigenvalue weighted by Gasteiger charge is -2.44. The number of nitrogens with one attached hydrogen (secondary N) is 1. The van der Waals surface area contributed by atoms with Crippen molar-refractivity contribution in [3.8, 4) is 0 Å². The number of alkyl halides is 3. The second-order valence-corrected chi connectivity index (χ2v) is 5.56. The van der Waals surface area contributed by atoms with Crippen LogP contribution in [0.25, 0.3) is 0 Å². The molecule has 1 saturated carbocycles. The number of nitrogens with zero attached hydrogens (tertiary/aromatic N) is 2. The van der Waals surface area contributed by atoms with E-state index in [2.05, 4.69) is 10.3 Å². The molecule has 2 aliphatic rings. The Hall–Kier alpha value is -1.79. The van der Waals surface area contributed by atoms with E-state index >= 15 is 0 Å². The molecule has 2 atom stereocenters. The van der Waals surface area contributed by atoms with Crippen LogP contribution in [0.15, 0.2) is 18.3 Å². The molecule has 0 radical (unpaired) electrons. The third-order valence-corrected chi connectivity index (χ3v) is 4.16. The minimum Gasteiger partial charge on any atom is -0.350 e. The highest BCUT2D eigenvalue weighted by atomic mass is 19.4. The zero-order chi connectivity index (χ0) is 15.0. The molecule has 1 aliphatic heterocycles. The van der Waals surface area contributed by atoms with Crippen molar-refractivity contribution in [3.05, 3.63) is 23.9 Å². The molecule has 0 spiro atoms. The molecule has 4 nitrogen and oxygen atoms in total. The fourth-order valence-electron chi connectivity index (χ4n) is 3.15. The van der Waals surface area contributed by atoms with Crippen molar-refractivity contribution in [1.82, 2.24) is 10.3 Å². The quantitative estimate of drug-likeness (QED) is 0.866. The van der Waals surface area contributed by atoms with E-state index in [0.717, 1.165) is 37.9 Å². The second kappa shape index (κ2) is 5.20. The van der Waals surface area contributed by atoms with Crippen LogP contribution in [-0.2, 0) is 11.0 Å². The van der Waals surface area contributed by atoms with Crippen molar-refractivity contribution >= 4 is 11.7 Å². The highest BCUT2D eigenvalue weighted by Crippen LogP contribution is 2.32. The first-order chi connectivity index (χ1) is 9.95. The first-order valence-electron chi connectivity index (χ1n) is 7.04. The Balaban J connectivity index is 1.85. The van der Waals surface area contributed by atoms with Crippen molar-refractivity contribution < 1.29 is 18.0 Å². The van der Waals surface area contributed by atoms with Crippen molar-refractivity contribution in [2.75, 3.05) is 11.4 Å². The summed E-state index contributed by atoms with van der Waals surface area (Å²) in [5.41, 5.74) is -0.770. The predicted octanol–water partition coefficient (Wildman–Crippen LogP) is 2.35. The van der Waals surface area contributed by atoms with Crippen LogP contribution in [-0.4, -0.2) is 29.5 Å². The predicted molar refractivity (Wildman–Crippen MR) is 70.8 cm³/mol. The SMILES string of the molecule is O=C1CN(c2ccc(C(F)(F)F)cn2)C2CCCCC2N1. The number of pyridine rings is 1. The topological polar surface area (TPSA) is 45.2 Å². The first kappa shape index (κ1) is 14.2. The number of anilines is 1. The molecule has 1 saturated heterocycles. The maximum Gasteiger partial charge on any atom is 0.417 e. The van der Waals surface area contributed by atoms with Gasteiger partial charge in [-0.15, -0.1) is 0 Å². The third-order valence-electron chi connectivity index (χ3n) is 4.16. The van der Waals surface area contributed by atoms with Gasteiger partial charge in [-0.3, -0.25) is 4.79 Å². The van der Waals surface area contributed by atoms with Gasteiger partial charge < -0.3 is 10.2 Å². The van der Waals surface area contributed by atoms with Crippen molar-refractivity contribution in [1.29, 1.82) is 0 Å². The second-order valence-electron chi connectivity index (χ2n) is 5.56. The summed E-state index contributed by atoms with van der Waals surface area (Å²) in [7, 11) is 0. The van der Waals surface area contributed by atoms with E-state index < -0.39 is 11.7 Å². The van der Waals surface area contributed by atoms with E-state index in [9.17, 15) is 18.0 Å². The number of carbonyl (C=O) groups is 1. The van der Waals surface area contributed by atoms with Crippen LogP contribution < -0.4 is 10.2 Å². The van der Waals surface area contributed by atoms with Crippen LogP contribution in [0.5, 0.6) is 0 Å². The number of fused-ring (bicyclic) bond motifs is 1. The summed E-state index contributed by atoms with van der Waals surface area (Å²) < 4.78 is 37.7. The molecule has 1 amide bonds. The van der Waals surface area contributed by atoms with Gasteiger partial charge >= 0.3 is 6.18 Å². The summed E-state index contributed by atoms with van der Waals surface area (Å²) >= 11 is 0. The van der Waals surface area contributed by atoms with Crippen LogP contribution in [0.4, 0.5) is 19.0 Å². The smallest absolute Gasteiger partial charge is 0.350 e. The lowest BCUT2D eigenvalue weighted by Crippen LogP contribution is -2.62. The summed E-state index contributed by atoms with van der Waals surface area (Å²) in [5, 5.41) is 2.97. The summed E-state index contributed by atoms with van der Waals surface area (Å²) in [4.78, 5) is 17.5. The molecule has 1 aromatic rings. The average Bonchev–Trinajstić information content (AvgIpc) is 2.45. The Bertz CT molecular complexity index is 529. The van der Waals surface area contributed by atoms with Gasteiger partial charge in [0.05, 0.1) is 18.2 Å². The molecule has 0 bridgehead atoms. The van der Waals surface area contributed by atoms with Crippen LogP contribution in [0.2, 0.25) is 0 Å². The molecular weight excluding hydrogens is 283 g/mol. The van der Waals surface area contributed by atoms with E-state index in [1.807, 2.05) is 4.90 Å². The van der Waals surface area contributed by atoms with Crippen LogP contribution in [0.3, 0.4) is 0 Å². The monoisotopic (exact) mass is 299 g/mol. The Morgan fingerprint density at radius 3 is 2.67 bits per heavy atom. The van der Waals surface area contributed by atoms with Gasteiger partial charge in [-0.1, -0.05) is 12.8 Å². The minimum atomic E-state index is -4.39. The lowest BCUT2D eigenvalue weighted by atomic mass is 9.87. The van der Waals surface area contributed by atoms with Crippen molar-refractivity contribution in [2.45, 2.75) is 43.9 Å². The molecule has 3 rings (SSSR count). The molecule has 1 aromatic heterocycles. The minimum absolute atomic E-state index is 0.0732. The molecule has 7 heteroatoms. The van der Waals surface area contributed by atoms with Crippen LogP contribution in [0, 0.1) is 0 Å². The number of hydrogen-bond donors (Lipinski definition) is 1. The largest absolute Gasteiger partial charge is 0.417 e. The van der Waals surface area contributed by atoms with Gasteiger partial charge in [0, 0.05) is 12.2 Å². The van der Waals surface area contributed by atoms with E-state index in [4.69, 9.17) is 0 Å². The summed E-state index contributed by atoms with van der Waals surface area (Å²) in [6.45, 7) is 0.152. The molecular formula is C14H16F3N3O. The standard InChI is InChI=1S/C14H16F3N3O/c15-14(16,17)9-5-6-12(18-7-9)20-8-13(21)19-10-3-1-2-4-11(10)20/h5-7,10-11H,1-4,8H2,(H,19,21). The number of aromatic nitrogens is 1. The summed E-state index contributed by atoms with van der Waals surface area (Å²) in [6.07, 6.45) is 0.406. The third kappa shape index (κ3) is 2.82. The van der Waals surface area contributed by atoms with Crippen LogP contribution in [0.1, 0.15) is 31.2 Å². The van der Waals surface area contributed by atoms with Crippen LogP contribution >= 0.6 is 0 Å². The lowest BCUT2D eigenvalue weighted by molar-refractivity contribution is -0.137. The zero-order valence-corrected chi connectivity index (χ0v) is 11.4. The summed E-state index contributed by atoms with van der Waals surface area (Å²) in [5.74, 6) is 0.342. The van der Waals surface area contributed by atoms with Gasteiger partial charge in [0.2, 0.25) is 5.91 Å². The van der Waals surface area contributed by atoms with E-state index in [-0.39, 0.29) is 24.5 Å². The van der Waals surface area contributed by atoms with Gasteiger partial charge in [0.1, 0.15) is 5.82 Å². The number of amides is 1. The molecule has 1 N–H and O–H groups in total. The van der Waals surface area contributed by atoms with Crippen molar-refractivity contribution in [2.24, 2.45) is 0 Å². The number of piperazine rings is 1. The first-order valence-corrected chi connectivity index (χ1v) is 7.04. The number of carbonyl (C=O) groups excluding carboxylic acids is 1. The van der Waals surface area contributed by atoms with Crippen molar-refractivity contribution in [3.63, 3.8) is 0 Å². The molecule has 2 fully saturated rings. The van der Waals surface area contributed by atoms with Gasteiger partial charge in [-0.05, 0) is 25.0 Å². The molecule has 2 unspecified atom stereocenters. The Morgan fingerprint density at radius 2 is 2.00 bits per heavy atom. The molecule has 1 aliphatic carbocycles. The molecule has 2 heterocycles. The molecule has 21 heavy (non-hydrogen) atoms. The average molecular weight is 299 g/mol. The fourth-order valence-corrected chi connectivity index (χ4v) is 3.15. The van der Waals surface area contributed by atoms with Gasteiger partial charge in [0.15, 0.2) is 0 Å². The highest BCUT2D eigenvalue weighted by molar-refractivity contribution is 5.83. The highest BCUT2D eigenvalue weighted by Gasteiger charge is 2.37. The van der Waals surface area contributed by atoms with E-state index in [0.29, 0.717) is 5.82 Å². The Labute approximate surface area is 120 Å². The number of hydrogen-bond acceptors (Lipinski definition) is 3. The number of halogens is 3. The van der Waals surface area contributed by atoms with Gasteiger partial charge in [0.25, 0.3) is 0 Å². The van der Waals surface area contributed by atoms with Gasteiger partial charge in [-0.25, -0.2) is 4.98 Å². The number of rotatable bonds is 1. The fraction of sp³-hybridized carbons (Fsp3) is 0.571.